The zero-order valence-electron chi connectivity index (χ0n) is 11.5. The van der Waals surface area contributed by atoms with E-state index in [2.05, 4.69) is 4.74 Å². The van der Waals surface area contributed by atoms with E-state index in [0.29, 0.717) is 11.5 Å². The van der Waals surface area contributed by atoms with E-state index in [-0.39, 0.29) is 12.2 Å². The van der Waals surface area contributed by atoms with Gasteiger partial charge in [-0.25, -0.2) is 4.79 Å². The summed E-state index contributed by atoms with van der Waals surface area (Å²) in [6, 6.07) is 4.86. The number of rotatable bonds is 6. The first-order valence-corrected chi connectivity index (χ1v) is 5.88. The van der Waals surface area contributed by atoms with Crippen LogP contribution in [0.2, 0.25) is 0 Å². The van der Waals surface area contributed by atoms with E-state index in [0.717, 1.165) is 6.08 Å². The van der Waals surface area contributed by atoms with Crippen LogP contribution in [0, 0.1) is 0 Å². The monoisotopic (exact) mass is 280 g/mol. The molecule has 0 amide bonds. The van der Waals surface area contributed by atoms with E-state index >= 15 is 0 Å². The first-order chi connectivity index (χ1) is 9.54. The molecule has 0 heterocycles. The van der Waals surface area contributed by atoms with Gasteiger partial charge in [-0.3, -0.25) is 4.79 Å². The minimum Gasteiger partial charge on any atom is -0.507 e. The molecule has 20 heavy (non-hydrogen) atoms. The third-order valence-corrected chi connectivity index (χ3v) is 2.43. The van der Waals surface area contributed by atoms with Crippen LogP contribution in [-0.4, -0.2) is 37.7 Å². The number of hydrogen-bond donors (Lipinski definition) is 1. The van der Waals surface area contributed by atoms with Crippen LogP contribution in [0.3, 0.4) is 0 Å². The summed E-state index contributed by atoms with van der Waals surface area (Å²) >= 11 is 0. The van der Waals surface area contributed by atoms with Crippen molar-refractivity contribution in [3.05, 3.63) is 29.8 Å². The molecule has 0 aliphatic carbocycles. The summed E-state index contributed by atoms with van der Waals surface area (Å²) in [6.45, 7) is 1.66. The minimum atomic E-state index is -1.03. The van der Waals surface area contributed by atoms with E-state index < -0.39 is 17.5 Å². The number of ketones is 1. The average molecular weight is 280 g/mol. The summed E-state index contributed by atoms with van der Waals surface area (Å²) < 4.78 is 14.7. The molecule has 0 saturated carbocycles. The van der Waals surface area contributed by atoms with E-state index in [1.807, 2.05) is 0 Å². The molecule has 0 atom stereocenters. The lowest BCUT2D eigenvalue weighted by molar-refractivity contribution is -0.151. The smallest absolute Gasteiger partial charge is 0.379 e. The highest BCUT2D eigenvalue weighted by Gasteiger charge is 2.18. The zero-order chi connectivity index (χ0) is 15.1. The average Bonchev–Trinajstić information content (AvgIpc) is 2.46. The van der Waals surface area contributed by atoms with Crippen molar-refractivity contribution in [1.82, 2.24) is 0 Å². The first kappa shape index (κ1) is 15.6. The van der Waals surface area contributed by atoms with Crippen LogP contribution in [0.25, 0.3) is 5.76 Å². The van der Waals surface area contributed by atoms with Crippen LogP contribution in [0.15, 0.2) is 24.3 Å². The molecule has 0 unspecified atom stereocenters. The maximum Gasteiger partial charge on any atom is 0.379 e. The van der Waals surface area contributed by atoms with Crippen LogP contribution in [0.1, 0.15) is 12.5 Å². The van der Waals surface area contributed by atoms with Crippen LogP contribution in [0.5, 0.6) is 11.5 Å². The molecule has 0 bridgehead atoms. The Bertz CT molecular complexity index is 510. The summed E-state index contributed by atoms with van der Waals surface area (Å²) in [4.78, 5) is 22.8. The first-order valence-electron chi connectivity index (χ1n) is 5.88. The van der Waals surface area contributed by atoms with E-state index in [9.17, 15) is 14.7 Å². The molecule has 0 aromatic heterocycles. The topological polar surface area (TPSA) is 82.1 Å². The molecule has 0 fully saturated rings. The van der Waals surface area contributed by atoms with Crippen molar-refractivity contribution in [2.24, 2.45) is 0 Å². The third kappa shape index (κ3) is 3.50. The Labute approximate surface area is 116 Å². The van der Waals surface area contributed by atoms with Crippen LogP contribution < -0.4 is 9.47 Å². The summed E-state index contributed by atoms with van der Waals surface area (Å²) in [5.74, 6) is -1.80. The Morgan fingerprint density at radius 2 is 1.75 bits per heavy atom. The Morgan fingerprint density at radius 3 is 2.20 bits per heavy atom. The summed E-state index contributed by atoms with van der Waals surface area (Å²) in [7, 11) is 2.83. The number of carbonyl (C=O) groups is 2. The molecule has 0 aliphatic rings. The van der Waals surface area contributed by atoms with E-state index in [1.54, 1.807) is 25.1 Å². The number of ether oxygens (including phenoxy) is 3. The minimum absolute atomic E-state index is 0.0805. The van der Waals surface area contributed by atoms with Gasteiger partial charge in [-0.15, -0.1) is 0 Å². The van der Waals surface area contributed by atoms with E-state index in [1.165, 1.54) is 14.2 Å². The largest absolute Gasteiger partial charge is 0.507 e. The van der Waals surface area contributed by atoms with Gasteiger partial charge in [0.1, 0.15) is 22.8 Å². The Morgan fingerprint density at radius 1 is 1.20 bits per heavy atom. The number of esters is 1. The fraction of sp³-hybridized carbons (Fsp3) is 0.286. The van der Waals surface area contributed by atoms with E-state index in [4.69, 9.17) is 9.47 Å². The summed E-state index contributed by atoms with van der Waals surface area (Å²) in [5, 5.41) is 10.0. The van der Waals surface area contributed by atoms with Crippen molar-refractivity contribution in [1.29, 1.82) is 0 Å². The highest BCUT2D eigenvalue weighted by molar-refractivity contribution is 6.39. The van der Waals surface area contributed by atoms with Gasteiger partial charge in [-0.1, -0.05) is 6.07 Å². The lowest BCUT2D eigenvalue weighted by Gasteiger charge is -2.12. The van der Waals surface area contributed by atoms with Crippen molar-refractivity contribution in [3.63, 3.8) is 0 Å². The lowest BCUT2D eigenvalue weighted by atomic mass is 10.1. The quantitative estimate of drug-likeness (QED) is 0.370. The SMILES string of the molecule is CCOC(=O)C(=O)/C=C(\O)c1c(OC)cccc1OC. The maximum atomic E-state index is 11.5. The second kappa shape index (κ2) is 7.18. The van der Waals surface area contributed by atoms with Crippen LogP contribution in [0.4, 0.5) is 0 Å². The van der Waals surface area contributed by atoms with Crippen molar-refractivity contribution >= 4 is 17.5 Å². The van der Waals surface area contributed by atoms with Gasteiger partial charge in [0.25, 0.3) is 5.78 Å². The fourth-order valence-corrected chi connectivity index (χ4v) is 1.56. The third-order valence-electron chi connectivity index (χ3n) is 2.43. The normalized spacial score (nSPS) is 10.8. The number of benzene rings is 1. The van der Waals surface area contributed by atoms with Gasteiger partial charge in [-0.2, -0.15) is 0 Å². The summed E-state index contributed by atoms with van der Waals surface area (Å²) in [5.41, 5.74) is 0.190. The standard InChI is InChI=1S/C14H16O6/c1-4-20-14(17)10(16)8-9(15)13-11(18-2)6-5-7-12(13)19-3/h5-8,15H,4H2,1-3H3/b9-8-. The molecule has 1 aromatic rings. The lowest BCUT2D eigenvalue weighted by Crippen LogP contribution is -2.15. The molecule has 0 aliphatic heterocycles. The Kier molecular flexibility index (Phi) is 5.58. The molecule has 1 N–H and O–H groups in total. The molecular formula is C14H16O6. The van der Waals surface area contributed by atoms with Gasteiger partial charge in [0.05, 0.1) is 20.8 Å². The molecule has 0 saturated heterocycles. The molecule has 6 nitrogen and oxygen atoms in total. The highest BCUT2D eigenvalue weighted by atomic mass is 16.5. The molecule has 1 aromatic carbocycles. The van der Waals surface area contributed by atoms with Gasteiger partial charge in [0, 0.05) is 6.08 Å². The fourth-order valence-electron chi connectivity index (χ4n) is 1.56. The van der Waals surface area contributed by atoms with Crippen molar-refractivity contribution in [3.8, 4) is 11.5 Å². The van der Waals surface area contributed by atoms with Crippen LogP contribution >= 0.6 is 0 Å². The Hall–Kier alpha value is -2.50. The molecular weight excluding hydrogens is 264 g/mol. The number of aliphatic hydroxyl groups excluding tert-OH is 1. The predicted octanol–water partition coefficient (Wildman–Crippen LogP) is 1.73. The second-order valence-corrected chi connectivity index (χ2v) is 3.65. The molecule has 1 rings (SSSR count). The second-order valence-electron chi connectivity index (χ2n) is 3.65. The van der Waals surface area contributed by atoms with Gasteiger partial charge < -0.3 is 19.3 Å². The zero-order valence-corrected chi connectivity index (χ0v) is 11.5. The maximum absolute atomic E-state index is 11.5. The molecule has 0 radical (unpaired) electrons. The number of carbonyl (C=O) groups excluding carboxylic acids is 2. The van der Waals surface area contributed by atoms with Crippen molar-refractivity contribution in [2.45, 2.75) is 6.92 Å². The predicted molar refractivity (Wildman–Crippen MR) is 71.8 cm³/mol. The van der Waals surface area contributed by atoms with Crippen LogP contribution in [-0.2, 0) is 14.3 Å². The highest BCUT2D eigenvalue weighted by Crippen LogP contribution is 2.33. The van der Waals surface area contributed by atoms with Gasteiger partial charge in [-0.05, 0) is 19.1 Å². The molecule has 108 valence electrons. The van der Waals surface area contributed by atoms with Crippen molar-refractivity contribution in [2.75, 3.05) is 20.8 Å². The van der Waals surface area contributed by atoms with Gasteiger partial charge >= 0.3 is 5.97 Å². The molecule has 0 spiro atoms. The molecule has 6 heteroatoms. The summed E-state index contributed by atoms with van der Waals surface area (Å²) in [6.07, 6.45) is 0.776. The number of methoxy groups -OCH3 is 2. The van der Waals surface area contributed by atoms with Crippen molar-refractivity contribution < 1.29 is 28.9 Å². The number of hydrogen-bond acceptors (Lipinski definition) is 6. The van der Waals surface area contributed by atoms with Gasteiger partial charge in [0.15, 0.2) is 0 Å². The number of aliphatic hydroxyl groups is 1. The Balaban J connectivity index is 3.16. The van der Waals surface area contributed by atoms with Gasteiger partial charge in [0.2, 0.25) is 0 Å².